The average Bonchev–Trinajstić information content (AvgIpc) is 2.99. The molecule has 2 atom stereocenters. The van der Waals surface area contributed by atoms with Crippen LogP contribution in [0, 0.1) is 11.7 Å². The van der Waals surface area contributed by atoms with Gasteiger partial charge in [0.25, 0.3) is 5.91 Å². The molecule has 1 amide bonds. The molecule has 0 aliphatic carbocycles. The van der Waals surface area contributed by atoms with Gasteiger partial charge in [-0.3, -0.25) is 9.59 Å². The Morgan fingerprint density at radius 1 is 1.27 bits per heavy atom. The highest BCUT2D eigenvalue weighted by molar-refractivity contribution is 5.94. The summed E-state index contributed by atoms with van der Waals surface area (Å²) < 4.78 is 53.9. The number of aliphatic carboxylic acids is 1. The Bertz CT molecular complexity index is 835. The predicted octanol–water partition coefficient (Wildman–Crippen LogP) is 2.26. The van der Waals surface area contributed by atoms with Crippen LogP contribution in [-0.4, -0.2) is 38.0 Å². The average molecular weight is 374 g/mol. The van der Waals surface area contributed by atoms with E-state index in [0.29, 0.717) is 4.68 Å². The van der Waals surface area contributed by atoms with E-state index >= 15 is 0 Å². The Kier molecular flexibility index (Phi) is 5.28. The van der Waals surface area contributed by atoms with Gasteiger partial charge in [-0.2, -0.15) is 13.2 Å². The Hall–Kier alpha value is -2.98. The first-order chi connectivity index (χ1) is 12.0. The molecule has 2 aromatic rings. The lowest BCUT2D eigenvalue weighted by atomic mass is 10.0. The number of nitrogens with one attached hydrogen (secondary N) is 1. The number of hydrogen-bond acceptors (Lipinski definition) is 4. The van der Waals surface area contributed by atoms with Crippen molar-refractivity contribution in [2.45, 2.75) is 26.1 Å². The number of aromatic nitrogens is 3. The van der Waals surface area contributed by atoms with Crippen LogP contribution in [0.2, 0.25) is 0 Å². The summed E-state index contributed by atoms with van der Waals surface area (Å²) in [6, 6.07) is 3.24. The molecule has 7 nitrogen and oxygen atoms in total. The van der Waals surface area contributed by atoms with Gasteiger partial charge in [-0.1, -0.05) is 11.3 Å². The zero-order chi connectivity index (χ0) is 19.6. The van der Waals surface area contributed by atoms with Gasteiger partial charge in [-0.05, 0) is 32.0 Å². The molecular weight excluding hydrogens is 360 g/mol. The molecule has 140 valence electrons. The fourth-order valence-corrected chi connectivity index (χ4v) is 2.09. The van der Waals surface area contributed by atoms with Gasteiger partial charge in [0.1, 0.15) is 5.82 Å². The predicted molar refractivity (Wildman–Crippen MR) is 80.0 cm³/mol. The summed E-state index contributed by atoms with van der Waals surface area (Å²) in [5, 5.41) is 17.6. The third-order valence-electron chi connectivity index (χ3n) is 3.70. The highest BCUT2D eigenvalue weighted by atomic mass is 19.4. The standard InChI is InChI=1S/C15H14F4N4O3/c1-7(14(25)26)8(2)20-13(24)11-12(15(17,18)19)23(22-21-11)10-5-3-4-9(16)6-10/h3-8H,1-2H3,(H,20,24)(H,25,26). The van der Waals surface area contributed by atoms with Crippen LogP contribution in [0.4, 0.5) is 17.6 Å². The quantitative estimate of drug-likeness (QED) is 0.783. The van der Waals surface area contributed by atoms with Crippen molar-refractivity contribution in [1.29, 1.82) is 0 Å². The van der Waals surface area contributed by atoms with Crippen LogP contribution in [0.25, 0.3) is 5.69 Å². The molecule has 1 heterocycles. The zero-order valence-electron chi connectivity index (χ0n) is 13.6. The van der Waals surface area contributed by atoms with Gasteiger partial charge in [-0.25, -0.2) is 9.07 Å². The van der Waals surface area contributed by atoms with E-state index in [1.54, 1.807) is 0 Å². The van der Waals surface area contributed by atoms with E-state index in [1.807, 2.05) is 0 Å². The van der Waals surface area contributed by atoms with Crippen molar-refractivity contribution in [3.63, 3.8) is 0 Å². The summed E-state index contributed by atoms with van der Waals surface area (Å²) in [6.07, 6.45) is -5.01. The molecule has 0 aliphatic rings. The lowest BCUT2D eigenvalue weighted by Gasteiger charge is -2.17. The third kappa shape index (κ3) is 3.98. The van der Waals surface area contributed by atoms with Crippen LogP contribution in [-0.2, 0) is 11.0 Å². The largest absolute Gasteiger partial charge is 0.481 e. The Labute approximate surface area is 144 Å². The number of amides is 1. The molecule has 2 rings (SSSR count). The van der Waals surface area contributed by atoms with E-state index in [0.717, 1.165) is 12.1 Å². The number of benzene rings is 1. The maximum Gasteiger partial charge on any atom is 0.435 e. The molecule has 2 N–H and O–H groups in total. The summed E-state index contributed by atoms with van der Waals surface area (Å²) >= 11 is 0. The van der Waals surface area contributed by atoms with E-state index in [2.05, 4.69) is 15.6 Å². The van der Waals surface area contributed by atoms with Crippen LogP contribution in [0.15, 0.2) is 24.3 Å². The van der Waals surface area contributed by atoms with Gasteiger partial charge in [0, 0.05) is 6.04 Å². The van der Waals surface area contributed by atoms with E-state index in [-0.39, 0.29) is 5.69 Å². The molecule has 1 aromatic carbocycles. The molecule has 0 radical (unpaired) electrons. The van der Waals surface area contributed by atoms with Crippen LogP contribution in [0.3, 0.4) is 0 Å². The molecule has 2 unspecified atom stereocenters. The fourth-order valence-electron chi connectivity index (χ4n) is 2.09. The number of carbonyl (C=O) groups excluding carboxylic acids is 1. The molecule has 1 aromatic heterocycles. The molecule has 0 spiro atoms. The van der Waals surface area contributed by atoms with Gasteiger partial charge >= 0.3 is 12.1 Å². The minimum absolute atomic E-state index is 0.268. The summed E-state index contributed by atoms with van der Waals surface area (Å²) in [4.78, 5) is 23.1. The van der Waals surface area contributed by atoms with Crippen molar-refractivity contribution in [2.75, 3.05) is 0 Å². The Morgan fingerprint density at radius 2 is 1.92 bits per heavy atom. The van der Waals surface area contributed by atoms with Gasteiger partial charge in [0.15, 0.2) is 11.4 Å². The monoisotopic (exact) mass is 374 g/mol. The number of rotatable bonds is 5. The van der Waals surface area contributed by atoms with Crippen molar-refractivity contribution in [1.82, 2.24) is 20.3 Å². The van der Waals surface area contributed by atoms with E-state index in [9.17, 15) is 27.2 Å². The molecule has 11 heteroatoms. The van der Waals surface area contributed by atoms with Crippen molar-refractivity contribution in [3.05, 3.63) is 41.5 Å². The van der Waals surface area contributed by atoms with Gasteiger partial charge in [0.2, 0.25) is 0 Å². The van der Waals surface area contributed by atoms with Crippen LogP contribution < -0.4 is 5.32 Å². The molecule has 0 saturated carbocycles. The van der Waals surface area contributed by atoms with Gasteiger partial charge in [0.05, 0.1) is 11.6 Å². The number of carbonyl (C=O) groups is 2. The first-order valence-corrected chi connectivity index (χ1v) is 7.35. The first-order valence-electron chi connectivity index (χ1n) is 7.35. The van der Waals surface area contributed by atoms with Crippen LogP contribution in [0.5, 0.6) is 0 Å². The zero-order valence-corrected chi connectivity index (χ0v) is 13.6. The second kappa shape index (κ2) is 7.10. The summed E-state index contributed by atoms with van der Waals surface area (Å²) in [5.74, 6) is -4.29. The maximum atomic E-state index is 13.4. The number of alkyl halides is 3. The van der Waals surface area contributed by atoms with Crippen molar-refractivity contribution >= 4 is 11.9 Å². The van der Waals surface area contributed by atoms with Gasteiger partial charge in [-0.15, -0.1) is 5.10 Å². The number of nitrogens with zero attached hydrogens (tertiary/aromatic N) is 3. The van der Waals surface area contributed by atoms with E-state index in [1.165, 1.54) is 26.0 Å². The third-order valence-corrected chi connectivity index (χ3v) is 3.70. The second-order valence-electron chi connectivity index (χ2n) is 5.57. The van der Waals surface area contributed by atoms with Crippen molar-refractivity contribution < 1.29 is 32.3 Å². The number of carboxylic acid groups (broad SMARTS) is 1. The minimum Gasteiger partial charge on any atom is -0.481 e. The molecule has 0 bridgehead atoms. The minimum atomic E-state index is -5.01. The number of halogens is 4. The normalized spacial score (nSPS) is 13.9. The van der Waals surface area contributed by atoms with E-state index in [4.69, 9.17) is 5.11 Å². The van der Waals surface area contributed by atoms with Crippen molar-refractivity contribution in [2.24, 2.45) is 5.92 Å². The number of hydrogen-bond donors (Lipinski definition) is 2. The summed E-state index contributed by atoms with van der Waals surface area (Å²) in [7, 11) is 0. The smallest absolute Gasteiger partial charge is 0.435 e. The maximum absolute atomic E-state index is 13.4. The Balaban J connectivity index is 2.44. The highest BCUT2D eigenvalue weighted by Crippen LogP contribution is 2.32. The molecule has 0 aliphatic heterocycles. The topological polar surface area (TPSA) is 97.1 Å². The second-order valence-corrected chi connectivity index (χ2v) is 5.57. The molecule has 26 heavy (non-hydrogen) atoms. The molecule has 0 saturated heterocycles. The number of carboxylic acids is 1. The molecule has 0 fully saturated rings. The summed E-state index contributed by atoms with van der Waals surface area (Å²) in [6.45, 7) is 2.63. The lowest BCUT2D eigenvalue weighted by Crippen LogP contribution is -2.40. The van der Waals surface area contributed by atoms with E-state index < -0.39 is 47.2 Å². The SMILES string of the molecule is CC(NC(=O)c1nnn(-c2cccc(F)c2)c1C(F)(F)F)C(C)C(=O)O. The summed E-state index contributed by atoms with van der Waals surface area (Å²) in [5.41, 5.74) is -2.79. The molecular formula is C15H14F4N4O3. The van der Waals surface area contributed by atoms with Crippen LogP contribution >= 0.6 is 0 Å². The fraction of sp³-hybridized carbons (Fsp3) is 0.333. The lowest BCUT2D eigenvalue weighted by molar-refractivity contribution is -0.143. The van der Waals surface area contributed by atoms with Crippen molar-refractivity contribution in [3.8, 4) is 5.69 Å². The first kappa shape index (κ1) is 19.3. The Morgan fingerprint density at radius 3 is 2.46 bits per heavy atom. The van der Waals surface area contributed by atoms with Gasteiger partial charge < -0.3 is 10.4 Å². The highest BCUT2D eigenvalue weighted by Gasteiger charge is 2.42. The van der Waals surface area contributed by atoms with Crippen LogP contribution in [0.1, 0.15) is 30.0 Å².